The van der Waals surface area contributed by atoms with Crippen molar-refractivity contribution in [2.75, 3.05) is 50.2 Å². The first-order chi connectivity index (χ1) is 27.6. The number of carbonyl (C=O) groups is 2. The fourth-order valence-electron chi connectivity index (χ4n) is 7.76. The predicted molar refractivity (Wildman–Crippen MR) is 208 cm³/mol. The van der Waals surface area contributed by atoms with Crippen LogP contribution in [0.2, 0.25) is 0 Å². The molecule has 3 atom stereocenters. The molecule has 2 amide bonds. The maximum absolute atomic E-state index is 17.5. The number of hydrogen-bond donors (Lipinski definition) is 1. The molecule has 0 spiro atoms. The summed E-state index contributed by atoms with van der Waals surface area (Å²) < 4.78 is 107. The molecule has 0 radical (unpaired) electrons. The van der Waals surface area contributed by atoms with Crippen LogP contribution in [0.3, 0.4) is 0 Å². The zero-order valence-electron chi connectivity index (χ0n) is 33.4. The maximum Gasteiger partial charge on any atom is 0.417 e. The molecule has 3 aliphatic heterocycles. The Morgan fingerprint density at radius 3 is 2.31 bits per heavy atom. The quantitative estimate of drug-likeness (QED) is 0.178. The van der Waals surface area contributed by atoms with E-state index in [1.165, 1.54) is 7.11 Å². The van der Waals surface area contributed by atoms with E-state index in [0.29, 0.717) is 37.2 Å². The van der Waals surface area contributed by atoms with E-state index >= 15 is 22.0 Å². The number of nitrogens with one attached hydrogen (secondary N) is 1. The average Bonchev–Trinajstić information content (AvgIpc) is 3.83. The minimum Gasteiger partial charge on any atom is -0.460 e. The van der Waals surface area contributed by atoms with Crippen LogP contribution in [0.5, 0.6) is 6.01 Å². The Morgan fingerprint density at radius 2 is 1.73 bits per heavy atom. The second-order valence-corrected chi connectivity index (χ2v) is 17.9. The number of fused-ring (bicyclic) bond motifs is 4. The van der Waals surface area contributed by atoms with Crippen LogP contribution < -0.4 is 15.0 Å². The first kappa shape index (κ1) is 42.1. The smallest absolute Gasteiger partial charge is 0.417 e. The standard InChI is InChI=1S/C40H43F5N6O7S/c1-37(2,3)57-35(52)49-33-24(15-46)27-22(10-11-26(41)31(27)59-33)28-25(40(43,44)45)14-23-30(29(28)42)47-34(56-19-39(54-7)12-13-55-18-39)48-32(23)50-16-20-8-9-21(17-50)51(20)36(53)58-38(4,5)6/h10-11,14,20-21H,8-9,12-13,16-19H2,1-7H3,(H,49,52). The Labute approximate surface area is 340 Å². The summed E-state index contributed by atoms with van der Waals surface area (Å²) in [4.78, 5) is 38.2. The molecule has 0 aliphatic carbocycles. The van der Waals surface area contributed by atoms with Crippen molar-refractivity contribution in [2.45, 2.75) is 95.9 Å². The van der Waals surface area contributed by atoms with Crippen molar-refractivity contribution in [1.82, 2.24) is 14.9 Å². The SMILES string of the molecule is COC1(COc2nc(N3CC4CCC(C3)N4C(=O)OC(C)(C)C)c3cc(C(F)(F)F)c(-c4ccc(F)c5sc(NC(=O)OC(C)(C)C)c(C#N)c45)c(F)c3n2)CCOC1. The third-order valence-electron chi connectivity index (χ3n) is 10.3. The highest BCUT2D eigenvalue weighted by Crippen LogP contribution is 2.49. The summed E-state index contributed by atoms with van der Waals surface area (Å²) in [7, 11) is 1.48. The number of thiophene rings is 1. The van der Waals surface area contributed by atoms with Crippen LogP contribution >= 0.6 is 11.3 Å². The number of ether oxygens (including phenoxy) is 5. The fraction of sp³-hybridized carbons (Fsp3) is 0.525. The number of methoxy groups -OCH3 is 1. The Hall–Kier alpha value is -5.06. The molecule has 19 heteroatoms. The van der Waals surface area contributed by atoms with E-state index in [1.54, 1.807) is 51.3 Å². The molecule has 2 aromatic heterocycles. The maximum atomic E-state index is 17.5. The minimum absolute atomic E-state index is 0.0582. The summed E-state index contributed by atoms with van der Waals surface area (Å²) >= 11 is 0.592. The van der Waals surface area contributed by atoms with E-state index in [-0.39, 0.29) is 58.6 Å². The monoisotopic (exact) mass is 846 g/mol. The molecule has 2 bridgehead atoms. The molecule has 4 aromatic rings. The second kappa shape index (κ2) is 15.2. The van der Waals surface area contributed by atoms with Gasteiger partial charge in [0.15, 0.2) is 5.82 Å². The van der Waals surface area contributed by atoms with E-state index < -0.39 is 86.7 Å². The van der Waals surface area contributed by atoms with Gasteiger partial charge in [0.1, 0.15) is 51.6 Å². The van der Waals surface area contributed by atoms with Gasteiger partial charge in [0, 0.05) is 49.6 Å². The second-order valence-electron chi connectivity index (χ2n) is 16.8. The minimum atomic E-state index is -5.19. The number of anilines is 2. The number of hydrogen-bond acceptors (Lipinski definition) is 12. The van der Waals surface area contributed by atoms with Gasteiger partial charge in [-0.3, -0.25) is 10.2 Å². The lowest BCUT2D eigenvalue weighted by atomic mass is 9.92. The van der Waals surface area contributed by atoms with Gasteiger partial charge >= 0.3 is 24.4 Å². The number of halogens is 5. The van der Waals surface area contributed by atoms with Crippen molar-refractivity contribution in [3.63, 3.8) is 0 Å². The highest BCUT2D eigenvalue weighted by Gasteiger charge is 2.46. The van der Waals surface area contributed by atoms with Gasteiger partial charge < -0.3 is 28.6 Å². The molecule has 13 nitrogen and oxygen atoms in total. The lowest BCUT2D eigenvalue weighted by Gasteiger charge is -2.42. The lowest BCUT2D eigenvalue weighted by Crippen LogP contribution is -2.57. The molecule has 5 heterocycles. The van der Waals surface area contributed by atoms with E-state index in [0.717, 1.165) is 18.2 Å². The molecule has 3 fully saturated rings. The molecule has 2 aromatic carbocycles. The summed E-state index contributed by atoms with van der Waals surface area (Å²) in [6.07, 6.45) is -5.07. The van der Waals surface area contributed by atoms with Crippen molar-refractivity contribution >= 4 is 55.3 Å². The summed E-state index contributed by atoms with van der Waals surface area (Å²) in [5.74, 6) is -2.41. The number of alkyl halides is 3. The van der Waals surface area contributed by atoms with Crippen LogP contribution in [-0.4, -0.2) is 96.0 Å². The van der Waals surface area contributed by atoms with Crippen LogP contribution in [0.15, 0.2) is 18.2 Å². The van der Waals surface area contributed by atoms with E-state index in [1.807, 2.05) is 6.07 Å². The Kier molecular flexibility index (Phi) is 10.8. The van der Waals surface area contributed by atoms with Gasteiger partial charge in [-0.2, -0.15) is 28.4 Å². The van der Waals surface area contributed by atoms with Crippen molar-refractivity contribution < 1.29 is 55.2 Å². The number of nitriles is 1. The van der Waals surface area contributed by atoms with Gasteiger partial charge in [-0.05, 0) is 72.1 Å². The topological polar surface area (TPSA) is 148 Å². The number of carbonyl (C=O) groups excluding carboxylic acids is 2. The molecule has 316 valence electrons. The van der Waals surface area contributed by atoms with E-state index in [4.69, 9.17) is 23.7 Å². The van der Waals surface area contributed by atoms with Gasteiger partial charge in [0.25, 0.3) is 0 Å². The Morgan fingerprint density at radius 1 is 1.05 bits per heavy atom. The number of benzene rings is 2. The van der Waals surface area contributed by atoms with Gasteiger partial charge in [-0.25, -0.2) is 18.4 Å². The van der Waals surface area contributed by atoms with Crippen LogP contribution in [0, 0.1) is 23.0 Å². The highest BCUT2D eigenvalue weighted by molar-refractivity contribution is 7.23. The highest BCUT2D eigenvalue weighted by atomic mass is 32.1. The normalized spacial score (nSPS) is 20.9. The molecule has 3 aliphatic rings. The number of amides is 2. The third kappa shape index (κ3) is 8.26. The van der Waals surface area contributed by atoms with Gasteiger partial charge in [0.05, 0.1) is 34.5 Å². The summed E-state index contributed by atoms with van der Waals surface area (Å²) in [6.45, 7) is 10.7. The molecular weight excluding hydrogens is 804 g/mol. The number of rotatable bonds is 7. The Bertz CT molecular complexity index is 2350. The first-order valence-corrected chi connectivity index (χ1v) is 19.7. The van der Waals surface area contributed by atoms with Crippen LogP contribution in [-0.2, 0) is 25.1 Å². The predicted octanol–water partition coefficient (Wildman–Crippen LogP) is 8.80. The van der Waals surface area contributed by atoms with E-state index in [9.17, 15) is 14.9 Å². The largest absolute Gasteiger partial charge is 0.460 e. The molecule has 3 saturated heterocycles. The van der Waals surface area contributed by atoms with Crippen LogP contribution in [0.25, 0.3) is 32.1 Å². The van der Waals surface area contributed by atoms with Crippen molar-refractivity contribution in [3.05, 3.63) is 41.0 Å². The van der Waals surface area contributed by atoms with Crippen molar-refractivity contribution in [2.24, 2.45) is 0 Å². The van der Waals surface area contributed by atoms with Gasteiger partial charge in [-0.1, -0.05) is 6.07 Å². The molecule has 1 N–H and O–H groups in total. The molecule has 7 rings (SSSR count). The van der Waals surface area contributed by atoms with Crippen LogP contribution in [0.1, 0.15) is 71.9 Å². The zero-order chi connectivity index (χ0) is 42.8. The zero-order valence-corrected chi connectivity index (χ0v) is 34.3. The summed E-state index contributed by atoms with van der Waals surface area (Å²) in [6, 6.07) is 3.27. The fourth-order valence-corrected chi connectivity index (χ4v) is 8.83. The summed E-state index contributed by atoms with van der Waals surface area (Å²) in [5, 5.41) is 11.8. The first-order valence-electron chi connectivity index (χ1n) is 18.9. The number of nitrogens with zero attached hydrogens (tertiary/aromatic N) is 5. The Balaban J connectivity index is 1.41. The van der Waals surface area contributed by atoms with Gasteiger partial charge in [-0.15, -0.1) is 11.3 Å². The van der Waals surface area contributed by atoms with Crippen molar-refractivity contribution in [3.8, 4) is 23.2 Å². The van der Waals surface area contributed by atoms with Crippen molar-refractivity contribution in [1.29, 1.82) is 5.26 Å². The summed E-state index contributed by atoms with van der Waals surface area (Å²) in [5.41, 5.74) is -6.46. The third-order valence-corrected chi connectivity index (χ3v) is 11.4. The van der Waals surface area contributed by atoms with E-state index in [2.05, 4.69) is 15.3 Å². The molecular formula is C40H43F5N6O7S. The number of aromatic nitrogens is 2. The molecule has 0 saturated carbocycles. The molecule has 3 unspecified atom stereocenters. The van der Waals surface area contributed by atoms with Crippen LogP contribution in [0.4, 0.5) is 42.4 Å². The number of piperazine rings is 1. The average molecular weight is 847 g/mol. The lowest BCUT2D eigenvalue weighted by molar-refractivity contribution is -0.137. The molecule has 59 heavy (non-hydrogen) atoms. The van der Waals surface area contributed by atoms with Gasteiger partial charge in [0.2, 0.25) is 0 Å².